The molecule has 3 aromatic carbocycles. The van der Waals surface area contributed by atoms with Crippen LogP contribution in [-0.2, 0) is 0 Å². The molecule has 0 atom stereocenters. The van der Waals surface area contributed by atoms with E-state index < -0.39 is 5.91 Å². The Morgan fingerprint density at radius 3 is 2.50 bits per heavy atom. The Bertz CT molecular complexity index is 1560. The van der Waals surface area contributed by atoms with E-state index in [9.17, 15) is 4.79 Å². The van der Waals surface area contributed by atoms with Crippen LogP contribution in [0.4, 0.5) is 11.5 Å². The first-order valence-corrected chi connectivity index (χ1v) is 10.7. The van der Waals surface area contributed by atoms with Gasteiger partial charge >= 0.3 is 0 Å². The first-order chi connectivity index (χ1) is 16.5. The fraction of sp³-hybridized carbons (Fsp3) is 0.115. The highest BCUT2D eigenvalue weighted by Gasteiger charge is 2.21. The maximum atomic E-state index is 13.0. The van der Waals surface area contributed by atoms with Gasteiger partial charge in [0.2, 0.25) is 5.82 Å². The second-order valence-electron chi connectivity index (χ2n) is 7.85. The van der Waals surface area contributed by atoms with Crippen LogP contribution >= 0.6 is 0 Å². The van der Waals surface area contributed by atoms with Crippen molar-refractivity contribution >= 4 is 39.3 Å². The van der Waals surface area contributed by atoms with Gasteiger partial charge in [-0.2, -0.15) is 0 Å². The Kier molecular flexibility index (Phi) is 5.25. The van der Waals surface area contributed by atoms with Gasteiger partial charge in [0.25, 0.3) is 5.91 Å². The van der Waals surface area contributed by atoms with E-state index in [1.165, 1.54) is 0 Å². The third-order valence-corrected chi connectivity index (χ3v) is 5.65. The third-order valence-electron chi connectivity index (χ3n) is 5.65. The van der Waals surface area contributed by atoms with Crippen molar-refractivity contribution in [2.45, 2.75) is 6.92 Å². The lowest BCUT2D eigenvalue weighted by atomic mass is 10.2. The fourth-order valence-corrected chi connectivity index (χ4v) is 4.12. The molecule has 5 rings (SSSR count). The molecule has 3 N–H and O–H groups in total. The monoisotopic (exact) mass is 453 g/mol. The summed E-state index contributed by atoms with van der Waals surface area (Å²) in [6.45, 7) is 1.96. The quantitative estimate of drug-likeness (QED) is 0.399. The van der Waals surface area contributed by atoms with Crippen LogP contribution in [0.2, 0.25) is 0 Å². The molecule has 1 amide bonds. The van der Waals surface area contributed by atoms with Crippen molar-refractivity contribution < 1.29 is 14.3 Å². The van der Waals surface area contributed by atoms with Crippen LogP contribution in [0.1, 0.15) is 16.2 Å². The average molecular weight is 454 g/mol. The van der Waals surface area contributed by atoms with E-state index in [1.807, 2.05) is 78.2 Å². The number of nitrogen functional groups attached to an aromatic ring is 1. The van der Waals surface area contributed by atoms with Gasteiger partial charge in [0.15, 0.2) is 17.1 Å². The van der Waals surface area contributed by atoms with Crippen LogP contribution in [0, 0.1) is 6.92 Å². The Morgan fingerprint density at radius 1 is 0.941 bits per heavy atom. The Balaban J connectivity index is 1.71. The van der Waals surface area contributed by atoms with Crippen molar-refractivity contribution in [1.29, 1.82) is 0 Å². The molecule has 0 bridgehead atoms. The van der Waals surface area contributed by atoms with E-state index >= 15 is 0 Å². The number of aromatic nitrogens is 3. The number of aryl methyl sites for hydroxylation is 1. The highest BCUT2D eigenvalue weighted by atomic mass is 16.5. The fourth-order valence-electron chi connectivity index (χ4n) is 4.12. The summed E-state index contributed by atoms with van der Waals surface area (Å²) in [5.41, 5.74) is 10.3. The number of hydrogen-bond acceptors (Lipinski definition) is 6. The van der Waals surface area contributed by atoms with Crippen molar-refractivity contribution in [3.8, 4) is 17.2 Å². The maximum absolute atomic E-state index is 13.0. The van der Waals surface area contributed by atoms with Crippen LogP contribution in [0.5, 0.6) is 11.5 Å². The molecule has 0 aliphatic heterocycles. The molecule has 0 saturated heterocycles. The zero-order valence-corrected chi connectivity index (χ0v) is 19.0. The average Bonchev–Trinajstić information content (AvgIpc) is 3.18. The van der Waals surface area contributed by atoms with Crippen molar-refractivity contribution in [2.75, 3.05) is 25.3 Å². The van der Waals surface area contributed by atoms with E-state index in [1.54, 1.807) is 14.2 Å². The molecule has 5 aromatic rings. The summed E-state index contributed by atoms with van der Waals surface area (Å²) in [7, 11) is 3.17. The van der Waals surface area contributed by atoms with Gasteiger partial charge in [-0.05, 0) is 42.8 Å². The molecule has 2 aromatic heterocycles. The highest BCUT2D eigenvalue weighted by molar-refractivity contribution is 6.13. The minimum absolute atomic E-state index is 0.0176. The standard InChI is InChI=1S/C26H23N5O3/c1-15-7-6-8-16(13-15)28-26(32)24-29-23(27)22-18-9-4-5-10-19(18)31(25(22)30-24)17-11-12-20(33-2)21(14-17)34-3/h4-14H,1-3H3,(H,28,32)(H2,27,29,30). The van der Waals surface area contributed by atoms with Gasteiger partial charge < -0.3 is 20.5 Å². The molecule has 34 heavy (non-hydrogen) atoms. The van der Waals surface area contributed by atoms with Gasteiger partial charge in [0.05, 0.1) is 30.8 Å². The summed E-state index contributed by atoms with van der Waals surface area (Å²) in [6, 6.07) is 20.9. The van der Waals surface area contributed by atoms with Crippen molar-refractivity contribution in [3.05, 3.63) is 78.1 Å². The molecule has 0 aliphatic carbocycles. The number of nitrogens with two attached hydrogens (primary N) is 1. The zero-order valence-electron chi connectivity index (χ0n) is 19.0. The summed E-state index contributed by atoms with van der Waals surface area (Å²) in [5.74, 6) is 0.957. The molecule has 170 valence electrons. The largest absolute Gasteiger partial charge is 0.493 e. The van der Waals surface area contributed by atoms with E-state index in [0.29, 0.717) is 28.2 Å². The lowest BCUT2D eigenvalue weighted by Gasteiger charge is -2.12. The summed E-state index contributed by atoms with van der Waals surface area (Å²) in [5, 5.41) is 4.41. The Hall–Kier alpha value is -4.59. The first kappa shape index (κ1) is 21.3. The van der Waals surface area contributed by atoms with Gasteiger partial charge in [-0.25, -0.2) is 9.97 Å². The number of amides is 1. The normalized spacial score (nSPS) is 11.0. The van der Waals surface area contributed by atoms with Crippen LogP contribution in [0.25, 0.3) is 27.6 Å². The predicted molar refractivity (Wildman–Crippen MR) is 133 cm³/mol. The molecule has 0 saturated carbocycles. The second-order valence-corrected chi connectivity index (χ2v) is 7.85. The summed E-state index contributed by atoms with van der Waals surface area (Å²) in [6.07, 6.45) is 0. The minimum Gasteiger partial charge on any atom is -0.493 e. The van der Waals surface area contributed by atoms with Crippen LogP contribution < -0.4 is 20.5 Å². The number of rotatable bonds is 5. The first-order valence-electron chi connectivity index (χ1n) is 10.7. The van der Waals surface area contributed by atoms with Crippen LogP contribution in [0.15, 0.2) is 66.7 Å². The minimum atomic E-state index is -0.441. The molecule has 8 heteroatoms. The summed E-state index contributed by atoms with van der Waals surface area (Å²) >= 11 is 0. The molecule has 0 radical (unpaired) electrons. The Labute approximate surface area is 196 Å². The molecule has 0 aliphatic rings. The number of carbonyl (C=O) groups is 1. The molecule has 2 heterocycles. The third kappa shape index (κ3) is 3.55. The smallest absolute Gasteiger partial charge is 0.293 e. The van der Waals surface area contributed by atoms with Crippen LogP contribution in [-0.4, -0.2) is 34.7 Å². The van der Waals surface area contributed by atoms with Gasteiger partial charge in [-0.1, -0.05) is 30.3 Å². The number of anilines is 2. The van der Waals surface area contributed by atoms with Crippen molar-refractivity contribution in [1.82, 2.24) is 14.5 Å². The number of benzene rings is 3. The maximum Gasteiger partial charge on any atom is 0.293 e. The van der Waals surface area contributed by atoms with Gasteiger partial charge in [0, 0.05) is 17.1 Å². The second kappa shape index (κ2) is 8.40. The number of para-hydroxylation sites is 1. The number of nitrogens with zero attached hydrogens (tertiary/aromatic N) is 3. The Morgan fingerprint density at radius 2 is 1.74 bits per heavy atom. The lowest BCUT2D eigenvalue weighted by Crippen LogP contribution is -2.17. The van der Waals surface area contributed by atoms with E-state index in [2.05, 4.69) is 15.3 Å². The number of carbonyl (C=O) groups excluding carboxylic acids is 1. The molecule has 8 nitrogen and oxygen atoms in total. The number of methoxy groups -OCH3 is 2. The zero-order chi connectivity index (χ0) is 23.8. The van der Waals surface area contributed by atoms with E-state index in [0.717, 1.165) is 22.2 Å². The van der Waals surface area contributed by atoms with E-state index in [4.69, 9.17) is 15.2 Å². The van der Waals surface area contributed by atoms with Crippen molar-refractivity contribution in [3.63, 3.8) is 0 Å². The predicted octanol–water partition coefficient (Wildman–Crippen LogP) is 4.73. The van der Waals surface area contributed by atoms with Crippen molar-refractivity contribution in [2.24, 2.45) is 0 Å². The van der Waals surface area contributed by atoms with Gasteiger partial charge in [-0.15, -0.1) is 0 Å². The van der Waals surface area contributed by atoms with Crippen LogP contribution in [0.3, 0.4) is 0 Å². The number of fused-ring (bicyclic) bond motifs is 3. The molecular weight excluding hydrogens is 430 g/mol. The summed E-state index contributed by atoms with van der Waals surface area (Å²) < 4.78 is 12.8. The molecular formula is C26H23N5O3. The van der Waals surface area contributed by atoms with E-state index in [-0.39, 0.29) is 11.6 Å². The van der Waals surface area contributed by atoms with Gasteiger partial charge in [0.1, 0.15) is 5.82 Å². The molecule has 0 spiro atoms. The number of hydrogen-bond donors (Lipinski definition) is 2. The van der Waals surface area contributed by atoms with Gasteiger partial charge in [-0.3, -0.25) is 9.36 Å². The topological polar surface area (TPSA) is 104 Å². The number of nitrogens with one attached hydrogen (secondary N) is 1. The molecule has 0 fully saturated rings. The number of ether oxygens (including phenoxy) is 2. The highest BCUT2D eigenvalue weighted by Crippen LogP contribution is 2.36. The lowest BCUT2D eigenvalue weighted by molar-refractivity contribution is 0.101. The molecule has 0 unspecified atom stereocenters. The summed E-state index contributed by atoms with van der Waals surface area (Å²) in [4.78, 5) is 22.0. The SMILES string of the molecule is COc1ccc(-n2c3ccccc3c3c(N)nc(C(=O)Nc4cccc(C)c4)nc32)cc1OC.